The summed E-state index contributed by atoms with van der Waals surface area (Å²) < 4.78 is 40.0. The maximum absolute atomic E-state index is 12.4. The first kappa shape index (κ1) is 17.1. The lowest BCUT2D eigenvalue weighted by atomic mass is 10.3. The molecule has 0 aromatic carbocycles. The monoisotopic (exact) mass is 321 g/mol. The summed E-state index contributed by atoms with van der Waals surface area (Å²) in [4.78, 5) is 2.22. The van der Waals surface area contributed by atoms with E-state index in [0.717, 1.165) is 26.3 Å². The zero-order valence-corrected chi connectivity index (χ0v) is 13.9. The van der Waals surface area contributed by atoms with Crippen LogP contribution in [0.15, 0.2) is 0 Å². The Kier molecular flexibility index (Phi) is 5.98. The van der Waals surface area contributed by atoms with Crippen molar-refractivity contribution < 1.29 is 17.9 Å². The molecule has 2 aliphatic rings. The highest BCUT2D eigenvalue weighted by atomic mass is 32.2. The molecule has 0 saturated carbocycles. The van der Waals surface area contributed by atoms with E-state index in [1.54, 1.807) is 0 Å². The second-order valence-electron chi connectivity index (χ2n) is 6.01. The van der Waals surface area contributed by atoms with Crippen molar-refractivity contribution in [3.63, 3.8) is 0 Å². The molecule has 2 saturated heterocycles. The Labute approximate surface area is 127 Å². The molecule has 0 amide bonds. The zero-order valence-electron chi connectivity index (χ0n) is 13.1. The molecule has 7 nitrogen and oxygen atoms in total. The van der Waals surface area contributed by atoms with Gasteiger partial charge in [-0.2, -0.15) is 17.4 Å². The number of nitrogens with zero attached hydrogens (tertiary/aromatic N) is 2. The lowest BCUT2D eigenvalue weighted by Gasteiger charge is -2.35. The van der Waals surface area contributed by atoms with Crippen LogP contribution in [0.4, 0.5) is 0 Å². The molecule has 0 aromatic rings. The van der Waals surface area contributed by atoms with E-state index in [4.69, 9.17) is 9.47 Å². The van der Waals surface area contributed by atoms with Gasteiger partial charge in [-0.1, -0.05) is 0 Å². The summed E-state index contributed by atoms with van der Waals surface area (Å²) >= 11 is 0. The molecule has 0 radical (unpaired) electrons. The lowest BCUT2D eigenvalue weighted by molar-refractivity contribution is -0.0445. The molecule has 21 heavy (non-hydrogen) atoms. The Balaban J connectivity index is 1.87. The predicted molar refractivity (Wildman–Crippen MR) is 80.4 cm³/mol. The average molecular weight is 321 g/mol. The van der Waals surface area contributed by atoms with Gasteiger partial charge in [-0.05, 0) is 20.8 Å². The molecule has 0 spiro atoms. The van der Waals surface area contributed by atoms with Crippen LogP contribution in [0.5, 0.6) is 0 Å². The molecular weight excluding hydrogens is 294 g/mol. The van der Waals surface area contributed by atoms with Crippen LogP contribution in [0, 0.1) is 0 Å². The highest BCUT2D eigenvalue weighted by molar-refractivity contribution is 7.87. The van der Waals surface area contributed by atoms with Crippen molar-refractivity contribution in [2.24, 2.45) is 0 Å². The predicted octanol–water partition coefficient (Wildman–Crippen LogP) is -0.349. The summed E-state index contributed by atoms with van der Waals surface area (Å²) in [5.74, 6) is 0. The second kappa shape index (κ2) is 7.34. The van der Waals surface area contributed by atoms with Gasteiger partial charge >= 0.3 is 0 Å². The normalized spacial score (nSPS) is 31.2. The Morgan fingerprint density at radius 2 is 1.76 bits per heavy atom. The molecule has 8 heteroatoms. The third kappa shape index (κ3) is 5.15. The largest absolute Gasteiger partial charge is 0.379 e. The molecule has 0 aromatic heterocycles. The van der Waals surface area contributed by atoms with Crippen molar-refractivity contribution in [2.45, 2.75) is 39.0 Å². The minimum Gasteiger partial charge on any atom is -0.379 e. The number of rotatable bonds is 5. The molecule has 2 fully saturated rings. The number of hydrogen-bond acceptors (Lipinski definition) is 5. The van der Waals surface area contributed by atoms with Crippen molar-refractivity contribution in [2.75, 3.05) is 45.9 Å². The van der Waals surface area contributed by atoms with Gasteiger partial charge in [-0.25, -0.2) is 0 Å². The van der Waals surface area contributed by atoms with E-state index >= 15 is 0 Å². The molecule has 2 aliphatic heterocycles. The highest BCUT2D eigenvalue weighted by Crippen LogP contribution is 2.14. The maximum atomic E-state index is 12.4. The average Bonchev–Trinajstić information content (AvgIpc) is 2.37. The van der Waals surface area contributed by atoms with Crippen molar-refractivity contribution in [1.82, 2.24) is 13.9 Å². The van der Waals surface area contributed by atoms with E-state index in [9.17, 15) is 8.42 Å². The quantitative estimate of drug-likeness (QED) is 0.749. The summed E-state index contributed by atoms with van der Waals surface area (Å²) in [5.41, 5.74) is 0. The molecule has 0 aliphatic carbocycles. The van der Waals surface area contributed by atoms with Crippen molar-refractivity contribution >= 4 is 10.2 Å². The Morgan fingerprint density at radius 1 is 1.19 bits per heavy atom. The van der Waals surface area contributed by atoms with Crippen LogP contribution in [0.3, 0.4) is 0 Å². The summed E-state index contributed by atoms with van der Waals surface area (Å²) in [5, 5.41) is 0. The molecular formula is C13H27N3O4S. The van der Waals surface area contributed by atoms with Crippen LogP contribution in [-0.2, 0) is 19.7 Å². The zero-order chi connectivity index (χ0) is 15.5. The second-order valence-corrected chi connectivity index (χ2v) is 7.71. The van der Waals surface area contributed by atoms with Crippen molar-refractivity contribution in [3.05, 3.63) is 0 Å². The van der Waals surface area contributed by atoms with Gasteiger partial charge in [0.05, 0.1) is 25.4 Å². The third-order valence-electron chi connectivity index (χ3n) is 3.71. The van der Waals surface area contributed by atoms with Crippen LogP contribution in [0.1, 0.15) is 20.8 Å². The van der Waals surface area contributed by atoms with Crippen LogP contribution in [0.25, 0.3) is 0 Å². The van der Waals surface area contributed by atoms with Crippen molar-refractivity contribution in [3.8, 4) is 0 Å². The number of morpholine rings is 2. The Hall–Kier alpha value is -0.250. The molecule has 0 unspecified atom stereocenters. The first-order chi connectivity index (χ1) is 9.87. The van der Waals surface area contributed by atoms with Gasteiger partial charge in [0.15, 0.2) is 0 Å². The van der Waals surface area contributed by atoms with Gasteiger partial charge in [0.2, 0.25) is 0 Å². The highest BCUT2D eigenvalue weighted by Gasteiger charge is 2.32. The van der Waals surface area contributed by atoms with E-state index in [1.165, 1.54) is 4.31 Å². The van der Waals surface area contributed by atoms with E-state index in [1.807, 2.05) is 20.8 Å². The fourth-order valence-corrected chi connectivity index (χ4v) is 4.41. The molecule has 2 heterocycles. The smallest absolute Gasteiger partial charge is 0.279 e. The Bertz CT molecular complexity index is 415. The number of nitrogens with one attached hydrogen (secondary N) is 1. The first-order valence-corrected chi connectivity index (χ1v) is 9.04. The number of hydrogen-bond donors (Lipinski definition) is 1. The van der Waals surface area contributed by atoms with Gasteiger partial charge in [-0.15, -0.1) is 0 Å². The van der Waals surface area contributed by atoms with Crippen LogP contribution >= 0.6 is 0 Å². The third-order valence-corrected chi connectivity index (χ3v) is 5.39. The maximum Gasteiger partial charge on any atom is 0.279 e. The van der Waals surface area contributed by atoms with E-state index < -0.39 is 10.2 Å². The minimum atomic E-state index is -3.45. The van der Waals surface area contributed by atoms with Gasteiger partial charge in [0.1, 0.15) is 0 Å². The van der Waals surface area contributed by atoms with Gasteiger partial charge in [0.25, 0.3) is 10.2 Å². The SMILES string of the molecule is C[C@@H]1CN(S(=O)(=O)N[C@@H](C)CN2CCOCC2)C[C@H](C)O1. The van der Waals surface area contributed by atoms with Crippen LogP contribution in [-0.4, -0.2) is 81.8 Å². The summed E-state index contributed by atoms with van der Waals surface area (Å²) in [6.07, 6.45) is -0.139. The van der Waals surface area contributed by atoms with E-state index in [2.05, 4.69) is 9.62 Å². The van der Waals surface area contributed by atoms with Crippen LogP contribution in [0.2, 0.25) is 0 Å². The summed E-state index contributed by atoms with van der Waals surface area (Å²) in [7, 11) is -3.45. The van der Waals surface area contributed by atoms with Crippen LogP contribution < -0.4 is 4.72 Å². The van der Waals surface area contributed by atoms with Crippen molar-refractivity contribution in [1.29, 1.82) is 0 Å². The first-order valence-electron chi connectivity index (χ1n) is 7.60. The standard InChI is InChI=1S/C13H27N3O4S/c1-11(8-15-4-6-19-7-5-15)14-21(17,18)16-9-12(2)20-13(3)10-16/h11-14H,4-10H2,1-3H3/t11-,12-,13+/m0/s1. The number of ether oxygens (including phenoxy) is 2. The van der Waals surface area contributed by atoms with E-state index in [-0.39, 0.29) is 18.2 Å². The molecule has 124 valence electrons. The molecule has 1 N–H and O–H groups in total. The van der Waals surface area contributed by atoms with Gasteiger partial charge in [0, 0.05) is 38.8 Å². The summed E-state index contributed by atoms with van der Waals surface area (Å²) in [6.45, 7) is 10.4. The van der Waals surface area contributed by atoms with Gasteiger partial charge in [-0.3, -0.25) is 4.90 Å². The Morgan fingerprint density at radius 3 is 2.33 bits per heavy atom. The fourth-order valence-electron chi connectivity index (χ4n) is 2.86. The molecule has 2 rings (SSSR count). The van der Waals surface area contributed by atoms with E-state index in [0.29, 0.717) is 19.6 Å². The molecule has 3 atom stereocenters. The van der Waals surface area contributed by atoms with Gasteiger partial charge < -0.3 is 9.47 Å². The lowest BCUT2D eigenvalue weighted by Crippen LogP contribution is -2.55. The topological polar surface area (TPSA) is 71.1 Å². The fraction of sp³-hybridized carbons (Fsp3) is 1.00. The minimum absolute atomic E-state index is 0.0696. The summed E-state index contributed by atoms with van der Waals surface area (Å²) in [6, 6.07) is -0.124. The molecule has 0 bridgehead atoms.